The molecule has 5 N–H and O–H groups in total. The van der Waals surface area contributed by atoms with Crippen molar-refractivity contribution in [1.82, 2.24) is 5.32 Å². The lowest BCUT2D eigenvalue weighted by Gasteiger charge is -2.02. The van der Waals surface area contributed by atoms with E-state index >= 15 is 0 Å². The summed E-state index contributed by atoms with van der Waals surface area (Å²) >= 11 is 1.60. The number of nitrogens with two attached hydrogens (primary N) is 1. The largest absolute Gasteiger partial charge is 0.480 e. The molecule has 0 aliphatic carbocycles. The molecule has 0 radical (unpaired) electrons. The van der Waals surface area contributed by atoms with Gasteiger partial charge in [-0.25, -0.2) is 0 Å². The second-order valence-corrected chi connectivity index (χ2v) is 3.92. The summed E-state index contributed by atoms with van der Waals surface area (Å²) in [6, 6.07) is -0.683. The van der Waals surface area contributed by atoms with E-state index in [9.17, 15) is 9.59 Å². The highest BCUT2D eigenvalue weighted by Crippen LogP contribution is 1.97. The molecule has 0 aromatic heterocycles. The van der Waals surface area contributed by atoms with Gasteiger partial charge in [-0.2, -0.15) is 11.8 Å². The minimum atomic E-state index is -0.913. The van der Waals surface area contributed by atoms with Crippen LogP contribution in [0.5, 0.6) is 0 Å². The van der Waals surface area contributed by atoms with Gasteiger partial charge in [0.25, 0.3) is 0 Å². The second kappa shape index (κ2) is 12.3. The fourth-order valence-electron chi connectivity index (χ4n) is 0.600. The Labute approximate surface area is 99.6 Å². The van der Waals surface area contributed by atoms with Gasteiger partial charge in [-0.1, -0.05) is 0 Å². The molecular formula is C9H20N2O4S. The highest BCUT2D eigenvalue weighted by atomic mass is 32.2. The Morgan fingerprint density at radius 1 is 1.50 bits per heavy atom. The molecule has 0 saturated carbocycles. The Balaban J connectivity index is 0. The average Bonchev–Trinajstić information content (AvgIpc) is 2.23. The molecule has 0 rings (SSSR count). The van der Waals surface area contributed by atoms with Gasteiger partial charge in [0.15, 0.2) is 0 Å². The lowest BCUT2D eigenvalue weighted by Crippen LogP contribution is -2.30. The number of thioether (sulfide) groups is 1. The van der Waals surface area contributed by atoms with Crippen LogP contribution in [0.1, 0.15) is 13.3 Å². The first-order valence-electron chi connectivity index (χ1n) is 4.78. The lowest BCUT2D eigenvalue weighted by atomic mass is 10.2. The monoisotopic (exact) mass is 252 g/mol. The molecule has 0 aliphatic rings. The topological polar surface area (TPSA) is 113 Å². The molecule has 0 spiro atoms. The molecule has 0 heterocycles. The number of aliphatic hydroxyl groups is 1. The summed E-state index contributed by atoms with van der Waals surface area (Å²) in [6.45, 7) is 1.78. The Bertz CT molecular complexity index is 202. The van der Waals surface area contributed by atoms with Crippen LogP contribution in [-0.4, -0.2) is 53.3 Å². The van der Waals surface area contributed by atoms with E-state index in [4.69, 9.17) is 15.9 Å². The van der Waals surface area contributed by atoms with Crippen LogP contribution >= 0.6 is 11.8 Å². The fraction of sp³-hybridized carbons (Fsp3) is 0.778. The van der Waals surface area contributed by atoms with Gasteiger partial charge in [-0.3, -0.25) is 9.59 Å². The summed E-state index contributed by atoms with van der Waals surface area (Å²) < 4.78 is 0. The maximum atomic E-state index is 10.1. The number of hydrogen-bond acceptors (Lipinski definition) is 5. The molecule has 0 aliphatic heterocycles. The number of carboxylic acids is 1. The smallest absolute Gasteiger partial charge is 0.320 e. The van der Waals surface area contributed by atoms with Gasteiger partial charge < -0.3 is 21.3 Å². The van der Waals surface area contributed by atoms with Crippen LogP contribution in [-0.2, 0) is 9.59 Å². The summed E-state index contributed by atoms with van der Waals surface area (Å²) in [5.41, 5.74) is 5.19. The number of rotatable bonds is 6. The molecule has 0 bridgehead atoms. The first-order valence-corrected chi connectivity index (χ1v) is 6.17. The van der Waals surface area contributed by atoms with Gasteiger partial charge in [0, 0.05) is 13.5 Å². The van der Waals surface area contributed by atoms with E-state index in [0.717, 1.165) is 5.75 Å². The fourth-order valence-corrected chi connectivity index (χ4v) is 1.09. The van der Waals surface area contributed by atoms with Crippen molar-refractivity contribution in [2.24, 2.45) is 5.73 Å². The molecule has 96 valence electrons. The third-order valence-electron chi connectivity index (χ3n) is 1.44. The quantitative estimate of drug-likeness (QED) is 0.495. The Kier molecular flexibility index (Phi) is 13.5. The zero-order valence-corrected chi connectivity index (χ0v) is 10.4. The van der Waals surface area contributed by atoms with Crippen LogP contribution in [0.4, 0.5) is 0 Å². The summed E-state index contributed by atoms with van der Waals surface area (Å²) in [4.78, 5) is 20.1. The predicted octanol–water partition coefficient (Wildman–Crippen LogP) is -0.734. The zero-order chi connectivity index (χ0) is 13.0. The number of amides is 1. The normalized spacial score (nSPS) is 11.0. The van der Waals surface area contributed by atoms with Crippen LogP contribution in [0, 0.1) is 0 Å². The first kappa shape index (κ1) is 17.6. The SMILES string of the molecule is CC(=O)NCCO.CSCC[C@H](N)C(=O)O. The highest BCUT2D eigenvalue weighted by Gasteiger charge is 2.08. The molecule has 7 heteroatoms. The number of aliphatic hydroxyl groups excluding tert-OH is 1. The number of carbonyl (C=O) groups is 2. The Morgan fingerprint density at radius 2 is 2.06 bits per heavy atom. The number of aliphatic carboxylic acids is 1. The van der Waals surface area contributed by atoms with Crippen molar-refractivity contribution >= 4 is 23.6 Å². The molecule has 0 unspecified atom stereocenters. The van der Waals surface area contributed by atoms with E-state index in [1.807, 2.05) is 6.26 Å². The number of nitrogens with one attached hydrogen (secondary N) is 1. The Hall–Kier alpha value is -0.790. The van der Waals surface area contributed by atoms with Crippen molar-refractivity contribution in [1.29, 1.82) is 0 Å². The molecular weight excluding hydrogens is 232 g/mol. The zero-order valence-electron chi connectivity index (χ0n) is 9.60. The summed E-state index contributed by atoms with van der Waals surface area (Å²) in [6.07, 6.45) is 2.48. The number of carbonyl (C=O) groups excluding carboxylic acids is 1. The second-order valence-electron chi connectivity index (χ2n) is 2.93. The van der Waals surface area contributed by atoms with Gasteiger partial charge in [0.1, 0.15) is 6.04 Å². The molecule has 0 aromatic rings. The molecule has 1 atom stereocenters. The maximum Gasteiger partial charge on any atom is 0.320 e. The van der Waals surface area contributed by atoms with Crippen LogP contribution in [0.15, 0.2) is 0 Å². The van der Waals surface area contributed by atoms with Gasteiger partial charge in [0.2, 0.25) is 5.91 Å². The molecule has 6 nitrogen and oxygen atoms in total. The van der Waals surface area contributed by atoms with Crippen LogP contribution in [0.3, 0.4) is 0 Å². The van der Waals surface area contributed by atoms with Gasteiger partial charge in [-0.15, -0.1) is 0 Å². The van der Waals surface area contributed by atoms with Crippen molar-refractivity contribution in [3.05, 3.63) is 0 Å². The van der Waals surface area contributed by atoms with Crippen LogP contribution in [0.25, 0.3) is 0 Å². The minimum Gasteiger partial charge on any atom is -0.480 e. The summed E-state index contributed by atoms with van der Waals surface area (Å²) in [5, 5.41) is 18.8. The third-order valence-corrected chi connectivity index (χ3v) is 2.08. The van der Waals surface area contributed by atoms with Crippen molar-refractivity contribution < 1.29 is 19.8 Å². The third kappa shape index (κ3) is 15.7. The van der Waals surface area contributed by atoms with Crippen molar-refractivity contribution in [2.45, 2.75) is 19.4 Å². The predicted molar refractivity (Wildman–Crippen MR) is 64.4 cm³/mol. The minimum absolute atomic E-state index is 0.0135. The maximum absolute atomic E-state index is 10.1. The molecule has 0 fully saturated rings. The van der Waals surface area contributed by atoms with Crippen LogP contribution < -0.4 is 11.1 Å². The van der Waals surface area contributed by atoms with Gasteiger partial charge in [-0.05, 0) is 18.4 Å². The van der Waals surface area contributed by atoms with E-state index in [2.05, 4.69) is 5.32 Å². The van der Waals surface area contributed by atoms with Crippen LogP contribution in [0.2, 0.25) is 0 Å². The highest BCUT2D eigenvalue weighted by molar-refractivity contribution is 7.98. The molecule has 1 amide bonds. The summed E-state index contributed by atoms with van der Waals surface area (Å²) in [5.74, 6) is -0.203. The van der Waals surface area contributed by atoms with Crippen molar-refractivity contribution in [3.8, 4) is 0 Å². The van der Waals surface area contributed by atoms with E-state index in [-0.39, 0.29) is 12.5 Å². The van der Waals surface area contributed by atoms with E-state index in [1.54, 1.807) is 11.8 Å². The van der Waals surface area contributed by atoms with Crippen molar-refractivity contribution in [2.75, 3.05) is 25.2 Å². The standard InChI is InChI=1S/C5H11NO2S.C4H9NO2/c1-9-3-2-4(6)5(7)8;1-4(7)5-2-3-6/h4H,2-3,6H2,1H3,(H,7,8);6H,2-3H2,1H3,(H,5,7)/t4-;/m0./s1. The number of carboxylic acid groups (broad SMARTS) is 1. The van der Waals surface area contributed by atoms with Gasteiger partial charge >= 0.3 is 5.97 Å². The van der Waals surface area contributed by atoms with E-state index < -0.39 is 12.0 Å². The molecule has 16 heavy (non-hydrogen) atoms. The van der Waals surface area contributed by atoms with E-state index in [0.29, 0.717) is 13.0 Å². The summed E-state index contributed by atoms with van der Waals surface area (Å²) in [7, 11) is 0. The average molecular weight is 252 g/mol. The Morgan fingerprint density at radius 3 is 2.31 bits per heavy atom. The van der Waals surface area contributed by atoms with Crippen molar-refractivity contribution in [3.63, 3.8) is 0 Å². The first-order chi connectivity index (χ1) is 7.45. The molecule has 0 saturated heterocycles. The lowest BCUT2D eigenvalue weighted by molar-refractivity contribution is -0.138. The van der Waals surface area contributed by atoms with Gasteiger partial charge in [0.05, 0.1) is 6.61 Å². The van der Waals surface area contributed by atoms with E-state index in [1.165, 1.54) is 6.92 Å². The number of hydrogen-bond donors (Lipinski definition) is 4. The molecule has 0 aromatic carbocycles.